The van der Waals surface area contributed by atoms with Crippen LogP contribution in [-0.2, 0) is 6.54 Å². The van der Waals surface area contributed by atoms with E-state index >= 15 is 0 Å². The van der Waals surface area contributed by atoms with Crippen molar-refractivity contribution in [3.63, 3.8) is 0 Å². The summed E-state index contributed by atoms with van der Waals surface area (Å²) in [7, 11) is 1.67. The summed E-state index contributed by atoms with van der Waals surface area (Å²) in [6.07, 6.45) is 1.42. The Bertz CT molecular complexity index is 300. The molecule has 1 rings (SSSR count). The van der Waals surface area contributed by atoms with Crippen LogP contribution in [-0.4, -0.2) is 21.8 Å². The predicted molar refractivity (Wildman–Crippen MR) is 41.6 cm³/mol. The topological polar surface area (TPSA) is 69.1 Å². The van der Waals surface area contributed by atoms with Gasteiger partial charge in [-0.1, -0.05) is 0 Å². The van der Waals surface area contributed by atoms with E-state index in [9.17, 15) is 0 Å². The van der Waals surface area contributed by atoms with Crippen molar-refractivity contribution in [3.8, 4) is 0 Å². The largest absolute Gasteiger partial charge is 0.381 e. The molecule has 0 aliphatic carbocycles. The van der Waals surface area contributed by atoms with E-state index in [1.165, 1.54) is 6.33 Å². The van der Waals surface area contributed by atoms with Crippen molar-refractivity contribution in [2.45, 2.75) is 13.5 Å². The lowest BCUT2D eigenvalue weighted by Gasteiger charge is -2.01. The quantitative estimate of drug-likeness (QED) is 0.586. The molecular weight excluding hydrogens is 142 g/mol. The van der Waals surface area contributed by atoms with Crippen molar-refractivity contribution in [1.29, 1.82) is 0 Å². The molecule has 2 N–H and O–H groups in total. The maximum Gasteiger partial charge on any atom is 0.187 e. The van der Waals surface area contributed by atoms with E-state index in [1.807, 2.05) is 6.92 Å². The number of hydrogen-bond donors (Lipinski definition) is 1. The van der Waals surface area contributed by atoms with Gasteiger partial charge in [0, 0.05) is 13.6 Å². The molecule has 0 aliphatic heterocycles. The Morgan fingerprint density at radius 2 is 2.45 bits per heavy atom. The Labute approximate surface area is 64.6 Å². The van der Waals surface area contributed by atoms with E-state index in [0.29, 0.717) is 11.3 Å². The van der Waals surface area contributed by atoms with E-state index in [0.717, 1.165) is 6.54 Å². The second kappa shape index (κ2) is 3.14. The molecule has 0 saturated heterocycles. The summed E-state index contributed by atoms with van der Waals surface area (Å²) in [6, 6.07) is 0. The van der Waals surface area contributed by atoms with Gasteiger partial charge in [0.15, 0.2) is 11.3 Å². The molecule has 5 nitrogen and oxygen atoms in total. The molecule has 0 radical (unpaired) electrons. The first kappa shape index (κ1) is 7.71. The standard InChI is InChI=1S/C6H11N5/c1-3-11-6(8-2)5(7)9-4-10-11/h4H,3H2,1-2H3,(H2,7,9,10). The smallest absolute Gasteiger partial charge is 0.187 e. The predicted octanol–water partition coefficient (Wildman–Crippen LogP) is -0.589. The van der Waals surface area contributed by atoms with E-state index in [-0.39, 0.29) is 0 Å². The average molecular weight is 153 g/mol. The Morgan fingerprint density at radius 3 is 2.91 bits per heavy atom. The summed E-state index contributed by atoms with van der Waals surface area (Å²) in [5.74, 6) is 0.421. The first-order valence-corrected chi connectivity index (χ1v) is 3.40. The normalized spacial score (nSPS) is 12.0. The summed E-state index contributed by atoms with van der Waals surface area (Å²) in [4.78, 5) is 7.76. The minimum absolute atomic E-state index is 0.421. The van der Waals surface area contributed by atoms with Crippen LogP contribution in [0, 0.1) is 0 Å². The van der Waals surface area contributed by atoms with Crippen LogP contribution in [0.2, 0.25) is 0 Å². The average Bonchev–Trinajstić information content (AvgIpc) is 2.04. The van der Waals surface area contributed by atoms with Gasteiger partial charge in [-0.25, -0.2) is 9.67 Å². The first-order chi connectivity index (χ1) is 5.29. The Kier molecular flexibility index (Phi) is 2.20. The molecule has 0 spiro atoms. The highest BCUT2D eigenvalue weighted by Gasteiger charge is 1.94. The molecule has 60 valence electrons. The molecule has 0 aromatic carbocycles. The van der Waals surface area contributed by atoms with Crippen LogP contribution in [0.4, 0.5) is 5.82 Å². The minimum atomic E-state index is 0.421. The summed E-state index contributed by atoms with van der Waals surface area (Å²) in [5, 5.41) is 3.96. The lowest BCUT2D eigenvalue weighted by Crippen LogP contribution is -2.26. The van der Waals surface area contributed by atoms with Gasteiger partial charge in [-0.2, -0.15) is 5.10 Å². The Balaban J connectivity index is 3.38. The van der Waals surface area contributed by atoms with Crippen LogP contribution in [0.25, 0.3) is 0 Å². The summed E-state index contributed by atoms with van der Waals surface area (Å²) >= 11 is 0. The third-order valence-corrected chi connectivity index (χ3v) is 1.37. The molecule has 0 aliphatic rings. The lowest BCUT2D eigenvalue weighted by atomic mass is 10.6. The van der Waals surface area contributed by atoms with Crippen LogP contribution in [0.5, 0.6) is 0 Å². The number of nitrogens with zero attached hydrogens (tertiary/aromatic N) is 4. The van der Waals surface area contributed by atoms with Gasteiger partial charge in [-0.05, 0) is 6.92 Å². The van der Waals surface area contributed by atoms with Crippen molar-refractivity contribution in [2.75, 3.05) is 12.8 Å². The third kappa shape index (κ3) is 1.36. The van der Waals surface area contributed by atoms with Crippen LogP contribution < -0.4 is 11.2 Å². The lowest BCUT2D eigenvalue weighted by molar-refractivity contribution is 0.594. The molecular formula is C6H11N5. The van der Waals surface area contributed by atoms with Gasteiger partial charge in [-0.15, -0.1) is 0 Å². The van der Waals surface area contributed by atoms with Crippen molar-refractivity contribution in [1.82, 2.24) is 14.8 Å². The van der Waals surface area contributed by atoms with Gasteiger partial charge in [0.25, 0.3) is 0 Å². The van der Waals surface area contributed by atoms with Crippen molar-refractivity contribution < 1.29 is 0 Å². The molecule has 11 heavy (non-hydrogen) atoms. The van der Waals surface area contributed by atoms with Gasteiger partial charge < -0.3 is 5.73 Å². The van der Waals surface area contributed by atoms with Crippen molar-refractivity contribution >= 4 is 5.82 Å². The van der Waals surface area contributed by atoms with E-state index in [2.05, 4.69) is 15.1 Å². The van der Waals surface area contributed by atoms with Gasteiger partial charge >= 0.3 is 0 Å². The van der Waals surface area contributed by atoms with Gasteiger partial charge in [0.1, 0.15) is 6.33 Å². The van der Waals surface area contributed by atoms with E-state index < -0.39 is 0 Å². The summed E-state index contributed by atoms with van der Waals surface area (Å²) < 4.78 is 1.70. The number of nitrogen functional groups attached to an aromatic ring is 1. The molecule has 1 heterocycles. The van der Waals surface area contributed by atoms with E-state index in [4.69, 9.17) is 5.73 Å². The highest BCUT2D eigenvalue weighted by atomic mass is 15.3. The molecule has 1 aromatic heterocycles. The number of aryl methyl sites for hydroxylation is 1. The highest BCUT2D eigenvalue weighted by Crippen LogP contribution is 1.81. The van der Waals surface area contributed by atoms with Crippen LogP contribution >= 0.6 is 0 Å². The molecule has 0 saturated carbocycles. The Morgan fingerprint density at radius 1 is 1.73 bits per heavy atom. The molecule has 5 heteroatoms. The van der Waals surface area contributed by atoms with Crippen LogP contribution in [0.3, 0.4) is 0 Å². The zero-order valence-corrected chi connectivity index (χ0v) is 6.65. The number of nitrogens with two attached hydrogens (primary N) is 1. The second-order valence-corrected chi connectivity index (χ2v) is 2.01. The van der Waals surface area contributed by atoms with Crippen LogP contribution in [0.1, 0.15) is 6.92 Å². The molecule has 0 amide bonds. The van der Waals surface area contributed by atoms with Crippen molar-refractivity contribution in [2.24, 2.45) is 4.99 Å². The molecule has 0 unspecified atom stereocenters. The zero-order chi connectivity index (χ0) is 8.27. The fourth-order valence-electron chi connectivity index (χ4n) is 0.856. The Hall–Kier alpha value is -1.39. The maximum absolute atomic E-state index is 5.54. The number of hydrogen-bond acceptors (Lipinski definition) is 4. The van der Waals surface area contributed by atoms with Gasteiger partial charge in [-0.3, -0.25) is 4.99 Å². The number of aromatic nitrogens is 3. The molecule has 0 bridgehead atoms. The number of rotatable bonds is 1. The van der Waals surface area contributed by atoms with Gasteiger partial charge in [0.2, 0.25) is 0 Å². The number of anilines is 1. The third-order valence-electron chi connectivity index (χ3n) is 1.37. The molecule has 0 atom stereocenters. The maximum atomic E-state index is 5.54. The molecule has 1 aromatic rings. The fourth-order valence-corrected chi connectivity index (χ4v) is 0.856. The van der Waals surface area contributed by atoms with Gasteiger partial charge in [0.05, 0.1) is 0 Å². The summed E-state index contributed by atoms with van der Waals surface area (Å²) in [6.45, 7) is 2.72. The van der Waals surface area contributed by atoms with E-state index in [1.54, 1.807) is 11.7 Å². The van der Waals surface area contributed by atoms with Crippen LogP contribution in [0.15, 0.2) is 11.3 Å². The zero-order valence-electron chi connectivity index (χ0n) is 6.65. The second-order valence-electron chi connectivity index (χ2n) is 2.01. The molecule has 0 fully saturated rings. The minimum Gasteiger partial charge on any atom is -0.381 e. The summed E-state index contributed by atoms with van der Waals surface area (Å²) in [5.41, 5.74) is 6.18. The monoisotopic (exact) mass is 153 g/mol. The highest BCUT2D eigenvalue weighted by molar-refractivity contribution is 5.19. The van der Waals surface area contributed by atoms with Crippen molar-refractivity contribution in [3.05, 3.63) is 11.8 Å². The first-order valence-electron chi connectivity index (χ1n) is 3.40. The fraction of sp³-hybridized carbons (Fsp3) is 0.500. The SMILES string of the molecule is CCn1ncnc(N)c1=NC.